The molecule has 5 rings (SSSR count). The first-order valence-electron chi connectivity index (χ1n) is 14.4. The minimum atomic E-state index is -0.493. The number of amides is 2. The number of carbonyl (C=O) groups is 2. The van der Waals surface area contributed by atoms with Crippen molar-refractivity contribution in [3.05, 3.63) is 60.7 Å². The first-order valence-corrected chi connectivity index (χ1v) is 16.3. The maximum Gasteiger partial charge on any atom is 0.410 e. The summed E-state index contributed by atoms with van der Waals surface area (Å²) in [5.74, 6) is 1.14. The van der Waals surface area contributed by atoms with Gasteiger partial charge in [-0.25, -0.2) is 4.79 Å². The number of nitrogens with zero attached hydrogens (tertiary/aromatic N) is 3. The highest BCUT2D eigenvalue weighted by Gasteiger charge is 2.36. The summed E-state index contributed by atoms with van der Waals surface area (Å²) in [6, 6.07) is 6.39. The fourth-order valence-corrected chi connectivity index (χ4v) is 7.63. The second-order valence-electron chi connectivity index (χ2n) is 12.4. The number of hydrogen-bond acceptors (Lipinski definition) is 4. The standard InChI is InChI=1S/C31H38Br2ClN3O3/c1-31(2,3)40-30(39)37-12-8-19(9-13-37)16-26(38)36-14-10-20(11-15-36)27-23-6-7-25(34)28(33)24(23)5-4-21-17-22(32)18-35-29(21)27/h6-7,17-20,27H,4-5,8-16H2,1-3H3/t27-/m0/s1. The van der Waals surface area contributed by atoms with Gasteiger partial charge in [-0.1, -0.05) is 17.7 Å². The lowest BCUT2D eigenvalue weighted by molar-refractivity contribution is -0.134. The van der Waals surface area contributed by atoms with Crippen molar-refractivity contribution in [1.82, 2.24) is 14.8 Å². The number of hydrogen-bond donors (Lipinski definition) is 0. The van der Waals surface area contributed by atoms with Crippen molar-refractivity contribution < 1.29 is 14.3 Å². The van der Waals surface area contributed by atoms with E-state index in [1.807, 2.05) is 33.0 Å². The molecule has 2 amide bonds. The Morgan fingerprint density at radius 1 is 1.02 bits per heavy atom. The normalized spacial score (nSPS) is 20.5. The molecular formula is C31H38Br2ClN3O3. The highest BCUT2D eigenvalue weighted by atomic mass is 79.9. The van der Waals surface area contributed by atoms with Crippen LogP contribution in [0.25, 0.3) is 0 Å². The van der Waals surface area contributed by atoms with Crippen LogP contribution in [0.5, 0.6) is 0 Å². The number of piperidine rings is 2. The quantitative estimate of drug-likeness (QED) is 0.329. The number of carbonyl (C=O) groups excluding carboxylic acids is 2. The van der Waals surface area contributed by atoms with E-state index < -0.39 is 5.60 Å². The molecule has 6 nitrogen and oxygen atoms in total. The average Bonchev–Trinajstić information content (AvgIpc) is 3.07. The van der Waals surface area contributed by atoms with Crippen LogP contribution in [0.4, 0.5) is 4.79 Å². The van der Waals surface area contributed by atoms with Crippen molar-refractivity contribution in [3.8, 4) is 0 Å². The molecule has 0 spiro atoms. The van der Waals surface area contributed by atoms with E-state index in [1.165, 1.54) is 16.7 Å². The van der Waals surface area contributed by atoms with Crippen molar-refractivity contribution in [2.24, 2.45) is 11.8 Å². The summed E-state index contributed by atoms with van der Waals surface area (Å²) in [6.07, 6.45) is 7.64. The molecular weight excluding hydrogens is 658 g/mol. The highest BCUT2D eigenvalue weighted by molar-refractivity contribution is 9.10. The van der Waals surface area contributed by atoms with Crippen LogP contribution in [0.15, 0.2) is 33.3 Å². The van der Waals surface area contributed by atoms with Gasteiger partial charge < -0.3 is 14.5 Å². The molecule has 2 saturated heterocycles. The summed E-state index contributed by atoms with van der Waals surface area (Å²) in [5, 5.41) is 0.745. The van der Waals surface area contributed by atoms with E-state index in [0.717, 1.165) is 71.3 Å². The maximum absolute atomic E-state index is 13.3. The van der Waals surface area contributed by atoms with E-state index in [4.69, 9.17) is 21.3 Å². The Kier molecular flexibility index (Phi) is 9.18. The number of benzene rings is 1. The Morgan fingerprint density at radius 3 is 2.38 bits per heavy atom. The molecule has 2 fully saturated rings. The number of ether oxygens (including phenoxy) is 1. The van der Waals surface area contributed by atoms with E-state index in [9.17, 15) is 9.59 Å². The van der Waals surface area contributed by atoms with Crippen LogP contribution in [0.3, 0.4) is 0 Å². The Morgan fingerprint density at radius 2 is 1.70 bits per heavy atom. The van der Waals surface area contributed by atoms with Crippen molar-refractivity contribution in [2.45, 2.75) is 77.2 Å². The molecule has 2 aromatic rings. The van der Waals surface area contributed by atoms with E-state index in [1.54, 1.807) is 4.90 Å². The van der Waals surface area contributed by atoms with Gasteiger partial charge in [0.2, 0.25) is 5.91 Å². The summed E-state index contributed by atoms with van der Waals surface area (Å²) < 4.78 is 7.51. The summed E-state index contributed by atoms with van der Waals surface area (Å²) >= 11 is 13.9. The van der Waals surface area contributed by atoms with Crippen LogP contribution in [-0.4, -0.2) is 58.6 Å². The van der Waals surface area contributed by atoms with Gasteiger partial charge in [0.05, 0.1) is 10.7 Å². The van der Waals surface area contributed by atoms with Crippen LogP contribution >= 0.6 is 43.5 Å². The number of rotatable bonds is 3. The third-order valence-electron chi connectivity index (χ3n) is 8.57. The Labute approximate surface area is 259 Å². The van der Waals surface area contributed by atoms with Crippen molar-refractivity contribution >= 4 is 55.5 Å². The van der Waals surface area contributed by atoms with Gasteiger partial charge in [-0.05, 0) is 132 Å². The van der Waals surface area contributed by atoms with E-state index in [2.05, 4.69) is 48.9 Å². The molecule has 9 heteroatoms. The molecule has 3 heterocycles. The van der Waals surface area contributed by atoms with Gasteiger partial charge in [-0.15, -0.1) is 0 Å². The molecule has 216 valence electrons. The molecule has 0 bridgehead atoms. The fraction of sp³-hybridized carbons (Fsp3) is 0.581. The molecule has 3 aliphatic rings. The monoisotopic (exact) mass is 693 g/mol. The number of aryl methyl sites for hydroxylation is 1. The van der Waals surface area contributed by atoms with Crippen LogP contribution < -0.4 is 0 Å². The minimum absolute atomic E-state index is 0.184. The van der Waals surface area contributed by atoms with Gasteiger partial charge in [0.1, 0.15) is 5.60 Å². The zero-order valence-electron chi connectivity index (χ0n) is 23.5. The van der Waals surface area contributed by atoms with Crippen molar-refractivity contribution in [2.75, 3.05) is 26.2 Å². The lowest BCUT2D eigenvalue weighted by atomic mass is 9.76. The van der Waals surface area contributed by atoms with Gasteiger partial charge in [-0.3, -0.25) is 9.78 Å². The van der Waals surface area contributed by atoms with Crippen molar-refractivity contribution in [3.63, 3.8) is 0 Å². The largest absolute Gasteiger partial charge is 0.444 e. The van der Waals surface area contributed by atoms with Crippen LogP contribution in [-0.2, 0) is 22.4 Å². The third kappa shape index (κ3) is 6.70. The van der Waals surface area contributed by atoms with Crippen LogP contribution in [0.1, 0.15) is 81.2 Å². The van der Waals surface area contributed by atoms with Gasteiger partial charge >= 0.3 is 6.09 Å². The number of fused-ring (bicyclic) bond motifs is 2. The molecule has 0 saturated carbocycles. The van der Waals surface area contributed by atoms with E-state index >= 15 is 0 Å². The summed E-state index contributed by atoms with van der Waals surface area (Å²) in [7, 11) is 0. The first kappa shape index (κ1) is 29.8. The van der Waals surface area contributed by atoms with E-state index in [-0.39, 0.29) is 17.9 Å². The van der Waals surface area contributed by atoms with Gasteiger partial charge in [0.15, 0.2) is 0 Å². The highest BCUT2D eigenvalue weighted by Crippen LogP contribution is 2.45. The lowest BCUT2D eigenvalue weighted by Crippen LogP contribution is -2.44. The topological polar surface area (TPSA) is 62.7 Å². The van der Waals surface area contributed by atoms with Gasteiger partial charge in [0, 0.05) is 53.7 Å². The number of likely N-dealkylation sites (tertiary alicyclic amines) is 2. The predicted molar refractivity (Wildman–Crippen MR) is 165 cm³/mol. The summed E-state index contributed by atoms with van der Waals surface area (Å²) in [4.78, 5) is 34.5. The van der Waals surface area contributed by atoms with Gasteiger partial charge in [0.25, 0.3) is 0 Å². The lowest BCUT2D eigenvalue weighted by Gasteiger charge is -2.38. The first-order chi connectivity index (χ1) is 19.0. The predicted octanol–water partition coefficient (Wildman–Crippen LogP) is 7.77. The molecule has 0 unspecified atom stereocenters. The molecule has 2 aliphatic heterocycles. The Bertz CT molecular complexity index is 1270. The van der Waals surface area contributed by atoms with Crippen LogP contribution in [0, 0.1) is 11.8 Å². The van der Waals surface area contributed by atoms with Gasteiger partial charge in [-0.2, -0.15) is 0 Å². The molecule has 1 aromatic heterocycles. The third-order valence-corrected chi connectivity index (χ3v) is 10.5. The Balaban J connectivity index is 1.22. The zero-order chi connectivity index (χ0) is 28.6. The fourth-order valence-electron chi connectivity index (χ4n) is 6.51. The molecule has 1 atom stereocenters. The second kappa shape index (κ2) is 12.3. The second-order valence-corrected chi connectivity index (χ2v) is 14.6. The SMILES string of the molecule is CC(C)(C)OC(=O)N1CCC(CC(=O)N2CCC([C@H]3c4ccc(Cl)c(Br)c4CCc4cc(Br)cnc43)CC2)CC1. The molecule has 0 N–H and O–H groups in total. The Hall–Kier alpha value is -1.64. The molecule has 1 aromatic carbocycles. The smallest absolute Gasteiger partial charge is 0.410 e. The minimum Gasteiger partial charge on any atom is -0.444 e. The average molecular weight is 696 g/mol. The van der Waals surface area contributed by atoms with Crippen molar-refractivity contribution in [1.29, 1.82) is 0 Å². The van der Waals surface area contributed by atoms with E-state index in [0.29, 0.717) is 31.3 Å². The number of pyridine rings is 1. The molecule has 40 heavy (non-hydrogen) atoms. The summed E-state index contributed by atoms with van der Waals surface area (Å²) in [6.45, 7) is 8.50. The number of aromatic nitrogens is 1. The summed E-state index contributed by atoms with van der Waals surface area (Å²) in [5.41, 5.74) is 4.55. The maximum atomic E-state index is 13.3. The molecule has 1 aliphatic carbocycles. The molecule has 0 radical (unpaired) electrons. The number of halogens is 3. The van der Waals surface area contributed by atoms with Crippen LogP contribution in [0.2, 0.25) is 5.02 Å². The zero-order valence-corrected chi connectivity index (χ0v) is 27.4.